The van der Waals surface area contributed by atoms with Crippen molar-refractivity contribution in [2.45, 2.75) is 52.0 Å². The van der Waals surface area contributed by atoms with E-state index < -0.39 is 0 Å². The van der Waals surface area contributed by atoms with Crippen LogP contribution in [0.1, 0.15) is 57.6 Å². The van der Waals surface area contributed by atoms with Gasteiger partial charge in [-0.15, -0.1) is 0 Å². The molecule has 1 saturated carbocycles. The molecule has 1 aliphatic rings. The predicted octanol–water partition coefficient (Wildman–Crippen LogP) is 4.70. The third-order valence-corrected chi connectivity index (χ3v) is 4.82. The molecule has 1 N–H and O–H groups in total. The fourth-order valence-corrected chi connectivity index (χ4v) is 3.70. The summed E-state index contributed by atoms with van der Waals surface area (Å²) in [6.45, 7) is 5.27. The van der Waals surface area contributed by atoms with Crippen molar-refractivity contribution in [2.75, 3.05) is 13.7 Å². The average molecular weight is 293 g/mol. The first-order chi connectivity index (χ1) is 10.2. The Morgan fingerprint density at radius 1 is 1.33 bits per heavy atom. The Balaban J connectivity index is 2.27. The Morgan fingerprint density at radius 2 is 2.14 bits per heavy atom. The van der Waals surface area contributed by atoms with Crippen LogP contribution in [-0.4, -0.2) is 13.7 Å². The summed E-state index contributed by atoms with van der Waals surface area (Å²) in [4.78, 5) is 0. The molecule has 21 heavy (non-hydrogen) atoms. The molecule has 0 spiro atoms. The normalized spacial score (nSPS) is 23.8. The molecule has 0 bridgehead atoms. The van der Waals surface area contributed by atoms with Gasteiger partial charge in [0, 0.05) is 11.6 Å². The average Bonchev–Trinajstić information content (AvgIpc) is 2.52. The molecule has 0 radical (unpaired) electrons. The van der Waals surface area contributed by atoms with Crippen LogP contribution >= 0.6 is 0 Å². The number of nitrogens with one attached hydrogen (secondary N) is 1. The first-order valence-electron chi connectivity index (χ1n) is 8.26. The van der Waals surface area contributed by atoms with Gasteiger partial charge in [0.1, 0.15) is 11.6 Å². The maximum atomic E-state index is 13.7. The highest BCUT2D eigenvalue weighted by Gasteiger charge is 2.30. The molecule has 3 heteroatoms. The van der Waals surface area contributed by atoms with Gasteiger partial charge in [-0.1, -0.05) is 33.1 Å². The Morgan fingerprint density at radius 3 is 2.81 bits per heavy atom. The van der Waals surface area contributed by atoms with Gasteiger partial charge in [-0.05, 0) is 49.4 Å². The highest BCUT2D eigenvalue weighted by molar-refractivity contribution is 5.37. The Kier molecular flexibility index (Phi) is 6.04. The summed E-state index contributed by atoms with van der Waals surface area (Å²) in [5.41, 5.74) is 0.973. The monoisotopic (exact) mass is 293 g/mol. The summed E-state index contributed by atoms with van der Waals surface area (Å²) >= 11 is 0. The Bertz CT molecular complexity index is 449. The Hall–Kier alpha value is -1.09. The van der Waals surface area contributed by atoms with Crippen LogP contribution in [0.3, 0.4) is 0 Å². The van der Waals surface area contributed by atoms with Gasteiger partial charge in [0.15, 0.2) is 0 Å². The zero-order valence-electron chi connectivity index (χ0n) is 13.5. The van der Waals surface area contributed by atoms with E-state index in [1.165, 1.54) is 38.2 Å². The molecule has 1 aromatic rings. The lowest BCUT2D eigenvalue weighted by Gasteiger charge is -2.35. The van der Waals surface area contributed by atoms with Gasteiger partial charge in [0.25, 0.3) is 0 Å². The number of methoxy groups -OCH3 is 1. The molecule has 2 rings (SSSR count). The summed E-state index contributed by atoms with van der Waals surface area (Å²) < 4.78 is 19.2. The first kappa shape index (κ1) is 16.3. The van der Waals surface area contributed by atoms with Gasteiger partial charge in [-0.3, -0.25) is 0 Å². The molecule has 1 aliphatic carbocycles. The molecular weight excluding hydrogens is 265 g/mol. The fourth-order valence-electron chi connectivity index (χ4n) is 3.70. The lowest BCUT2D eigenvalue weighted by Crippen LogP contribution is -2.32. The number of benzene rings is 1. The molecule has 118 valence electrons. The molecular formula is C18H28FNO. The van der Waals surface area contributed by atoms with Crippen LogP contribution in [0.2, 0.25) is 0 Å². The standard InChI is InChI=1S/C18H28FNO/c1-4-13-7-6-8-14(11-13)18(20-5-2)16-12-15(19)9-10-17(16)21-3/h9-10,12-14,18,20H,4-8,11H2,1-3H3. The largest absolute Gasteiger partial charge is 0.496 e. The van der Waals surface area contributed by atoms with E-state index in [9.17, 15) is 4.39 Å². The number of rotatable bonds is 6. The maximum absolute atomic E-state index is 13.7. The van der Waals surface area contributed by atoms with Crippen LogP contribution in [0.5, 0.6) is 5.75 Å². The minimum Gasteiger partial charge on any atom is -0.496 e. The summed E-state index contributed by atoms with van der Waals surface area (Å²) in [5.74, 6) is 1.99. The molecule has 0 amide bonds. The topological polar surface area (TPSA) is 21.3 Å². The number of hydrogen-bond donors (Lipinski definition) is 1. The van der Waals surface area contributed by atoms with Gasteiger partial charge < -0.3 is 10.1 Å². The van der Waals surface area contributed by atoms with Gasteiger partial charge in [0.2, 0.25) is 0 Å². The molecule has 1 fully saturated rings. The van der Waals surface area contributed by atoms with Crippen molar-refractivity contribution in [3.63, 3.8) is 0 Å². The third kappa shape index (κ3) is 3.97. The maximum Gasteiger partial charge on any atom is 0.123 e. The van der Waals surface area contributed by atoms with E-state index in [4.69, 9.17) is 4.74 Å². The van der Waals surface area contributed by atoms with E-state index >= 15 is 0 Å². The SMILES string of the molecule is CCNC(c1cc(F)ccc1OC)C1CCCC(CC)C1. The minimum absolute atomic E-state index is 0.184. The van der Waals surface area contributed by atoms with Crippen LogP contribution in [-0.2, 0) is 0 Å². The van der Waals surface area contributed by atoms with Crippen LogP contribution in [0.25, 0.3) is 0 Å². The smallest absolute Gasteiger partial charge is 0.123 e. The van der Waals surface area contributed by atoms with Crippen LogP contribution < -0.4 is 10.1 Å². The molecule has 3 unspecified atom stereocenters. The number of ether oxygens (including phenoxy) is 1. The summed E-state index contributed by atoms with van der Waals surface area (Å²) in [5, 5.41) is 3.57. The van der Waals surface area contributed by atoms with E-state index in [-0.39, 0.29) is 11.9 Å². The molecule has 1 aromatic carbocycles. The molecule has 0 aliphatic heterocycles. The van der Waals surface area contributed by atoms with Crippen molar-refractivity contribution in [1.82, 2.24) is 5.32 Å². The Labute approximate surface area is 128 Å². The third-order valence-electron chi connectivity index (χ3n) is 4.82. The number of halogens is 1. The highest BCUT2D eigenvalue weighted by atomic mass is 19.1. The zero-order valence-corrected chi connectivity index (χ0v) is 13.5. The zero-order chi connectivity index (χ0) is 15.2. The van der Waals surface area contributed by atoms with E-state index in [2.05, 4.69) is 19.2 Å². The van der Waals surface area contributed by atoms with E-state index in [0.29, 0.717) is 5.92 Å². The van der Waals surface area contributed by atoms with Crippen molar-refractivity contribution in [3.05, 3.63) is 29.6 Å². The fraction of sp³-hybridized carbons (Fsp3) is 0.667. The van der Waals surface area contributed by atoms with Gasteiger partial charge in [-0.2, -0.15) is 0 Å². The molecule has 2 nitrogen and oxygen atoms in total. The van der Waals surface area contributed by atoms with Gasteiger partial charge in [-0.25, -0.2) is 4.39 Å². The quantitative estimate of drug-likeness (QED) is 0.820. The van der Waals surface area contributed by atoms with E-state index in [1.54, 1.807) is 19.2 Å². The van der Waals surface area contributed by atoms with Crippen LogP contribution in [0, 0.1) is 17.7 Å². The second-order valence-electron chi connectivity index (χ2n) is 6.12. The van der Waals surface area contributed by atoms with E-state index in [1.807, 2.05) is 0 Å². The molecule has 3 atom stereocenters. The molecule has 0 aromatic heterocycles. The lowest BCUT2D eigenvalue weighted by atomic mass is 9.75. The van der Waals surface area contributed by atoms with Crippen molar-refractivity contribution in [2.24, 2.45) is 11.8 Å². The number of hydrogen-bond acceptors (Lipinski definition) is 2. The van der Waals surface area contributed by atoms with Crippen molar-refractivity contribution >= 4 is 0 Å². The van der Waals surface area contributed by atoms with Crippen molar-refractivity contribution < 1.29 is 9.13 Å². The minimum atomic E-state index is -0.184. The van der Waals surface area contributed by atoms with Crippen LogP contribution in [0.15, 0.2) is 18.2 Å². The summed E-state index contributed by atoms with van der Waals surface area (Å²) in [6.07, 6.45) is 6.31. The van der Waals surface area contributed by atoms with Gasteiger partial charge >= 0.3 is 0 Å². The first-order valence-corrected chi connectivity index (χ1v) is 8.26. The second kappa shape index (κ2) is 7.79. The predicted molar refractivity (Wildman–Crippen MR) is 85.1 cm³/mol. The molecule has 0 heterocycles. The van der Waals surface area contributed by atoms with Gasteiger partial charge in [0.05, 0.1) is 7.11 Å². The molecule has 0 saturated heterocycles. The summed E-state index contributed by atoms with van der Waals surface area (Å²) in [7, 11) is 1.66. The lowest BCUT2D eigenvalue weighted by molar-refractivity contribution is 0.208. The van der Waals surface area contributed by atoms with Crippen molar-refractivity contribution in [1.29, 1.82) is 0 Å². The second-order valence-corrected chi connectivity index (χ2v) is 6.12. The summed E-state index contributed by atoms with van der Waals surface area (Å²) in [6, 6.07) is 5.05. The van der Waals surface area contributed by atoms with E-state index in [0.717, 1.165) is 23.8 Å². The highest BCUT2D eigenvalue weighted by Crippen LogP contribution is 2.41. The van der Waals surface area contributed by atoms with Crippen molar-refractivity contribution in [3.8, 4) is 5.75 Å². The van der Waals surface area contributed by atoms with Crippen LogP contribution in [0.4, 0.5) is 4.39 Å².